The number of fused-ring (bicyclic) bond motifs is 3. The van der Waals surface area contributed by atoms with Crippen molar-refractivity contribution in [3.05, 3.63) is 89.3 Å². The summed E-state index contributed by atoms with van der Waals surface area (Å²) in [6.07, 6.45) is 1.80. The number of pyridine rings is 1. The fraction of sp³-hybridized carbons (Fsp3) is 0.0435. The highest BCUT2D eigenvalue weighted by Gasteiger charge is 2.17. The van der Waals surface area contributed by atoms with Crippen molar-refractivity contribution in [2.24, 2.45) is 0 Å². The van der Waals surface area contributed by atoms with Crippen LogP contribution in [0.25, 0.3) is 38.8 Å². The van der Waals surface area contributed by atoms with E-state index in [1.807, 2.05) is 60.1 Å². The Labute approximate surface area is 166 Å². The lowest BCUT2D eigenvalue weighted by Crippen LogP contribution is -1.98. The first-order chi connectivity index (χ1) is 13.6. The van der Waals surface area contributed by atoms with Crippen molar-refractivity contribution >= 4 is 33.4 Å². The summed E-state index contributed by atoms with van der Waals surface area (Å²) in [5.41, 5.74) is 5.10. The van der Waals surface area contributed by atoms with Crippen LogP contribution in [0.15, 0.2) is 72.9 Å². The molecule has 0 atom stereocenters. The lowest BCUT2D eigenvalue weighted by Gasteiger charge is -2.07. The fourth-order valence-corrected chi connectivity index (χ4v) is 3.64. The van der Waals surface area contributed by atoms with Gasteiger partial charge in [0.1, 0.15) is 11.5 Å². The van der Waals surface area contributed by atoms with E-state index in [1.165, 1.54) is 12.1 Å². The van der Waals surface area contributed by atoms with E-state index in [9.17, 15) is 4.39 Å². The third-order valence-corrected chi connectivity index (χ3v) is 5.32. The maximum absolute atomic E-state index is 14.1. The second kappa shape index (κ2) is 6.43. The maximum Gasteiger partial charge on any atom is 0.124 e. The Morgan fingerprint density at radius 2 is 1.75 bits per heavy atom. The lowest BCUT2D eigenvalue weighted by atomic mass is 10.1. The zero-order valence-corrected chi connectivity index (χ0v) is 15.8. The normalized spacial score (nSPS) is 11.4. The van der Waals surface area contributed by atoms with E-state index in [0.717, 1.165) is 33.4 Å². The van der Waals surface area contributed by atoms with Gasteiger partial charge in [-0.05, 0) is 42.8 Å². The SMILES string of the molecule is Cc1ccc(-n2nc(-c3ccccc3)c3cnc4ccc(F)cc4c32)cc1Cl. The molecule has 5 heteroatoms. The minimum Gasteiger partial charge on any atom is -0.255 e. The second-order valence-corrected chi connectivity index (χ2v) is 7.15. The number of benzene rings is 3. The molecule has 3 nitrogen and oxygen atoms in total. The van der Waals surface area contributed by atoms with Crippen LogP contribution < -0.4 is 0 Å². The van der Waals surface area contributed by atoms with Crippen LogP contribution in [0.5, 0.6) is 0 Å². The fourth-order valence-electron chi connectivity index (χ4n) is 3.47. The Kier molecular flexibility index (Phi) is 3.88. The summed E-state index contributed by atoms with van der Waals surface area (Å²) in [6, 6.07) is 20.3. The zero-order chi connectivity index (χ0) is 19.3. The second-order valence-electron chi connectivity index (χ2n) is 6.74. The van der Waals surface area contributed by atoms with Gasteiger partial charge >= 0.3 is 0 Å². The average Bonchev–Trinajstić information content (AvgIpc) is 3.11. The molecule has 5 aromatic rings. The first-order valence-electron chi connectivity index (χ1n) is 8.91. The van der Waals surface area contributed by atoms with E-state index in [4.69, 9.17) is 16.7 Å². The van der Waals surface area contributed by atoms with Gasteiger partial charge in [-0.1, -0.05) is 48.0 Å². The number of nitrogens with zero attached hydrogens (tertiary/aromatic N) is 3. The monoisotopic (exact) mass is 387 g/mol. The Morgan fingerprint density at radius 3 is 2.54 bits per heavy atom. The highest BCUT2D eigenvalue weighted by atomic mass is 35.5. The third kappa shape index (κ3) is 2.65. The van der Waals surface area contributed by atoms with Crippen LogP contribution in [0.1, 0.15) is 5.56 Å². The molecule has 0 fully saturated rings. The molecule has 0 amide bonds. The van der Waals surface area contributed by atoms with Crippen LogP contribution in [-0.2, 0) is 0 Å². The molecule has 2 heterocycles. The molecule has 0 saturated carbocycles. The van der Waals surface area contributed by atoms with Crippen LogP contribution in [0.4, 0.5) is 4.39 Å². The number of aryl methyl sites for hydroxylation is 1. The van der Waals surface area contributed by atoms with Gasteiger partial charge in [-0.15, -0.1) is 0 Å². The lowest BCUT2D eigenvalue weighted by molar-refractivity contribution is 0.629. The van der Waals surface area contributed by atoms with E-state index in [2.05, 4.69) is 4.98 Å². The van der Waals surface area contributed by atoms with E-state index in [-0.39, 0.29) is 5.82 Å². The van der Waals surface area contributed by atoms with Crippen molar-refractivity contribution < 1.29 is 4.39 Å². The van der Waals surface area contributed by atoms with Gasteiger partial charge in [0.25, 0.3) is 0 Å². The Bertz CT molecular complexity index is 1340. The Balaban J connectivity index is 1.92. The number of hydrogen-bond donors (Lipinski definition) is 0. The van der Waals surface area contributed by atoms with Gasteiger partial charge in [0.05, 0.1) is 16.7 Å². The molecule has 0 aliphatic rings. The molecule has 136 valence electrons. The Morgan fingerprint density at radius 1 is 0.929 bits per heavy atom. The molecule has 0 aliphatic heterocycles. The zero-order valence-electron chi connectivity index (χ0n) is 15.0. The van der Waals surface area contributed by atoms with Crippen LogP contribution in [0.2, 0.25) is 5.02 Å². The van der Waals surface area contributed by atoms with Crippen molar-refractivity contribution in [1.29, 1.82) is 0 Å². The Hall–Kier alpha value is -3.24. The molecule has 3 aromatic carbocycles. The molecule has 5 rings (SSSR count). The number of aromatic nitrogens is 3. The summed E-state index contributed by atoms with van der Waals surface area (Å²) in [5, 5.41) is 7.11. The van der Waals surface area contributed by atoms with Gasteiger partial charge in [0.2, 0.25) is 0 Å². The van der Waals surface area contributed by atoms with Gasteiger partial charge in [-0.25, -0.2) is 9.07 Å². The van der Waals surface area contributed by atoms with Gasteiger partial charge < -0.3 is 0 Å². The molecule has 0 saturated heterocycles. The van der Waals surface area contributed by atoms with E-state index in [0.29, 0.717) is 15.9 Å². The predicted octanol–water partition coefficient (Wildman–Crippen LogP) is 6.34. The number of halogens is 2. The molecule has 28 heavy (non-hydrogen) atoms. The molecular formula is C23H15ClFN3. The van der Waals surface area contributed by atoms with Gasteiger partial charge in [-0.2, -0.15) is 5.10 Å². The summed E-state index contributed by atoms with van der Waals surface area (Å²) in [7, 11) is 0. The van der Waals surface area contributed by atoms with E-state index >= 15 is 0 Å². The van der Waals surface area contributed by atoms with Gasteiger partial charge in [0, 0.05) is 27.6 Å². The molecule has 0 N–H and O–H groups in total. The van der Waals surface area contributed by atoms with Crippen molar-refractivity contribution in [3.8, 4) is 16.9 Å². The topological polar surface area (TPSA) is 30.7 Å². The third-order valence-electron chi connectivity index (χ3n) is 4.92. The molecule has 0 radical (unpaired) electrons. The first kappa shape index (κ1) is 16.9. The molecule has 0 aliphatic carbocycles. The van der Waals surface area contributed by atoms with Crippen molar-refractivity contribution in [1.82, 2.24) is 14.8 Å². The van der Waals surface area contributed by atoms with Crippen LogP contribution in [0.3, 0.4) is 0 Å². The summed E-state index contributed by atoms with van der Waals surface area (Å²) < 4.78 is 15.9. The molecule has 0 spiro atoms. The van der Waals surface area contributed by atoms with Crippen LogP contribution in [0, 0.1) is 12.7 Å². The standard InChI is InChI=1S/C23H15ClFN3/c1-14-7-9-17(12-20(14)24)28-23-18-11-16(25)8-10-21(18)26-13-19(23)22(27-28)15-5-3-2-4-6-15/h2-13H,1H3. The minimum absolute atomic E-state index is 0.308. The summed E-state index contributed by atoms with van der Waals surface area (Å²) >= 11 is 6.37. The highest BCUT2D eigenvalue weighted by molar-refractivity contribution is 6.31. The molecular weight excluding hydrogens is 373 g/mol. The molecule has 0 unspecified atom stereocenters. The minimum atomic E-state index is -0.308. The summed E-state index contributed by atoms with van der Waals surface area (Å²) in [6.45, 7) is 1.96. The summed E-state index contributed by atoms with van der Waals surface area (Å²) in [4.78, 5) is 4.53. The first-order valence-corrected chi connectivity index (χ1v) is 9.28. The molecule has 2 aromatic heterocycles. The van der Waals surface area contributed by atoms with E-state index in [1.54, 1.807) is 12.3 Å². The van der Waals surface area contributed by atoms with Crippen molar-refractivity contribution in [3.63, 3.8) is 0 Å². The average molecular weight is 388 g/mol. The smallest absolute Gasteiger partial charge is 0.124 e. The van der Waals surface area contributed by atoms with Gasteiger partial charge in [0.15, 0.2) is 0 Å². The quantitative estimate of drug-likeness (QED) is 0.353. The molecule has 0 bridgehead atoms. The van der Waals surface area contributed by atoms with E-state index < -0.39 is 0 Å². The van der Waals surface area contributed by atoms with Crippen LogP contribution in [-0.4, -0.2) is 14.8 Å². The van der Waals surface area contributed by atoms with Gasteiger partial charge in [-0.3, -0.25) is 4.98 Å². The number of rotatable bonds is 2. The number of hydrogen-bond acceptors (Lipinski definition) is 2. The summed E-state index contributed by atoms with van der Waals surface area (Å²) in [5.74, 6) is -0.308. The van der Waals surface area contributed by atoms with Crippen molar-refractivity contribution in [2.75, 3.05) is 0 Å². The van der Waals surface area contributed by atoms with Crippen molar-refractivity contribution in [2.45, 2.75) is 6.92 Å². The van der Waals surface area contributed by atoms with Crippen LogP contribution >= 0.6 is 11.6 Å². The predicted molar refractivity (Wildman–Crippen MR) is 112 cm³/mol. The maximum atomic E-state index is 14.1. The highest BCUT2D eigenvalue weighted by Crippen LogP contribution is 2.34. The largest absolute Gasteiger partial charge is 0.255 e.